The van der Waals surface area contributed by atoms with E-state index < -0.39 is 5.97 Å². The summed E-state index contributed by atoms with van der Waals surface area (Å²) in [6, 6.07) is 9.34. The Balaban J connectivity index is 0.00000144. The van der Waals surface area contributed by atoms with Crippen molar-refractivity contribution < 1.29 is 14.6 Å². The standard InChI is InChI=1S/C11H9NO3S.CH4/c1-15-11(14)8-9(13)12-10(16-8)7-5-3-2-4-6-7;/h2-6,13H,1H3;1H4. The zero-order valence-electron chi connectivity index (χ0n) is 8.51. The molecular formula is C12H13NO3S. The van der Waals surface area contributed by atoms with E-state index in [1.165, 1.54) is 7.11 Å². The number of hydrogen-bond donors (Lipinski definition) is 1. The molecule has 1 aromatic heterocycles. The highest BCUT2D eigenvalue weighted by molar-refractivity contribution is 7.17. The first-order chi connectivity index (χ1) is 7.72. The highest BCUT2D eigenvalue weighted by Crippen LogP contribution is 2.31. The van der Waals surface area contributed by atoms with Crippen molar-refractivity contribution in [1.29, 1.82) is 0 Å². The summed E-state index contributed by atoms with van der Waals surface area (Å²) in [7, 11) is 1.27. The van der Waals surface area contributed by atoms with Gasteiger partial charge < -0.3 is 9.84 Å². The lowest BCUT2D eigenvalue weighted by atomic mass is 10.2. The summed E-state index contributed by atoms with van der Waals surface area (Å²) in [5, 5.41) is 10.1. The average Bonchev–Trinajstić information content (AvgIpc) is 2.71. The SMILES string of the molecule is C.COC(=O)c1sc(-c2ccccc2)nc1O. The van der Waals surface area contributed by atoms with E-state index in [-0.39, 0.29) is 18.2 Å². The minimum absolute atomic E-state index is 0. The third kappa shape index (κ3) is 2.62. The third-order valence-electron chi connectivity index (χ3n) is 2.00. The second-order valence-electron chi connectivity index (χ2n) is 3.03. The predicted octanol–water partition coefficient (Wildman–Crippen LogP) is 2.94. The Labute approximate surface area is 104 Å². The van der Waals surface area contributed by atoms with Crippen LogP contribution in [0.25, 0.3) is 10.6 Å². The summed E-state index contributed by atoms with van der Waals surface area (Å²) in [5.41, 5.74) is 0.859. The van der Waals surface area contributed by atoms with Gasteiger partial charge in [-0.3, -0.25) is 0 Å². The monoisotopic (exact) mass is 251 g/mol. The van der Waals surface area contributed by atoms with Crippen LogP contribution < -0.4 is 0 Å². The van der Waals surface area contributed by atoms with Gasteiger partial charge in [0.05, 0.1) is 7.11 Å². The Morgan fingerprint density at radius 2 is 2.00 bits per heavy atom. The van der Waals surface area contributed by atoms with Crippen LogP contribution in [-0.2, 0) is 4.74 Å². The quantitative estimate of drug-likeness (QED) is 0.834. The largest absolute Gasteiger partial charge is 0.492 e. The lowest BCUT2D eigenvalue weighted by Gasteiger charge is -1.93. The number of esters is 1. The molecule has 0 atom stereocenters. The molecule has 1 heterocycles. The Kier molecular flexibility index (Phi) is 4.23. The Morgan fingerprint density at radius 3 is 2.59 bits per heavy atom. The first-order valence-electron chi connectivity index (χ1n) is 4.56. The van der Waals surface area contributed by atoms with Crippen molar-refractivity contribution in [2.24, 2.45) is 0 Å². The molecule has 0 saturated heterocycles. The molecule has 5 heteroatoms. The highest BCUT2D eigenvalue weighted by Gasteiger charge is 2.18. The second kappa shape index (κ2) is 5.45. The topological polar surface area (TPSA) is 59.4 Å². The highest BCUT2D eigenvalue weighted by atomic mass is 32.1. The molecule has 0 bridgehead atoms. The molecule has 0 unspecified atom stereocenters. The van der Waals surface area contributed by atoms with Crippen LogP contribution in [0.2, 0.25) is 0 Å². The van der Waals surface area contributed by atoms with Gasteiger partial charge in [-0.25, -0.2) is 9.78 Å². The maximum atomic E-state index is 11.3. The number of benzene rings is 1. The van der Waals surface area contributed by atoms with E-state index in [0.29, 0.717) is 5.01 Å². The number of carbonyl (C=O) groups excluding carboxylic acids is 1. The molecule has 2 aromatic rings. The summed E-state index contributed by atoms with van der Waals surface area (Å²) < 4.78 is 4.54. The summed E-state index contributed by atoms with van der Waals surface area (Å²) in [5.74, 6) is -0.854. The predicted molar refractivity (Wildman–Crippen MR) is 67.3 cm³/mol. The number of hydrogen-bond acceptors (Lipinski definition) is 5. The fourth-order valence-electron chi connectivity index (χ4n) is 1.24. The van der Waals surface area contributed by atoms with E-state index in [2.05, 4.69) is 9.72 Å². The van der Waals surface area contributed by atoms with Crippen molar-refractivity contribution in [3.63, 3.8) is 0 Å². The lowest BCUT2D eigenvalue weighted by molar-refractivity contribution is 0.0603. The molecule has 0 fully saturated rings. The lowest BCUT2D eigenvalue weighted by Crippen LogP contribution is -1.97. The number of aromatic nitrogens is 1. The van der Waals surface area contributed by atoms with E-state index in [4.69, 9.17) is 0 Å². The summed E-state index contributed by atoms with van der Waals surface area (Å²) in [4.78, 5) is 15.3. The molecule has 17 heavy (non-hydrogen) atoms. The molecule has 0 aliphatic rings. The molecule has 4 nitrogen and oxygen atoms in total. The van der Waals surface area contributed by atoms with Crippen LogP contribution in [0.5, 0.6) is 5.88 Å². The van der Waals surface area contributed by atoms with E-state index in [1.54, 1.807) is 0 Å². The summed E-state index contributed by atoms with van der Waals surface area (Å²) in [6.45, 7) is 0. The number of nitrogens with zero attached hydrogens (tertiary/aromatic N) is 1. The Hall–Kier alpha value is -1.88. The molecule has 1 N–H and O–H groups in total. The van der Waals surface area contributed by atoms with E-state index in [1.807, 2.05) is 30.3 Å². The van der Waals surface area contributed by atoms with Crippen molar-refractivity contribution in [3.8, 4) is 16.5 Å². The van der Waals surface area contributed by atoms with Gasteiger partial charge in [-0.1, -0.05) is 37.8 Å². The molecular weight excluding hydrogens is 238 g/mol. The fourth-order valence-corrected chi connectivity index (χ4v) is 2.12. The van der Waals surface area contributed by atoms with Crippen molar-refractivity contribution in [3.05, 3.63) is 35.2 Å². The molecule has 0 saturated carbocycles. The molecule has 0 amide bonds. The first kappa shape index (κ1) is 13.2. The molecule has 0 aliphatic heterocycles. The van der Waals surface area contributed by atoms with Crippen molar-refractivity contribution in [2.75, 3.05) is 7.11 Å². The second-order valence-corrected chi connectivity index (χ2v) is 4.03. The van der Waals surface area contributed by atoms with Crippen LogP contribution in [0, 0.1) is 0 Å². The molecule has 2 rings (SSSR count). The van der Waals surface area contributed by atoms with E-state index >= 15 is 0 Å². The maximum absolute atomic E-state index is 11.3. The minimum atomic E-state index is -0.572. The smallest absolute Gasteiger partial charge is 0.353 e. The van der Waals surface area contributed by atoms with Gasteiger partial charge >= 0.3 is 5.97 Å². The van der Waals surface area contributed by atoms with Crippen LogP contribution >= 0.6 is 11.3 Å². The van der Waals surface area contributed by atoms with Gasteiger partial charge in [-0.2, -0.15) is 0 Å². The number of carbonyl (C=O) groups is 1. The van der Waals surface area contributed by atoms with E-state index in [0.717, 1.165) is 16.9 Å². The van der Waals surface area contributed by atoms with Gasteiger partial charge in [0.15, 0.2) is 4.88 Å². The van der Waals surface area contributed by atoms with Crippen molar-refractivity contribution in [2.45, 2.75) is 7.43 Å². The zero-order valence-corrected chi connectivity index (χ0v) is 9.32. The molecule has 0 aliphatic carbocycles. The number of ether oxygens (including phenoxy) is 1. The van der Waals surface area contributed by atoms with Gasteiger partial charge in [0.2, 0.25) is 5.88 Å². The van der Waals surface area contributed by atoms with Crippen molar-refractivity contribution >= 4 is 17.3 Å². The average molecular weight is 251 g/mol. The summed E-state index contributed by atoms with van der Waals surface area (Å²) in [6.07, 6.45) is 0. The third-order valence-corrected chi connectivity index (χ3v) is 3.07. The fraction of sp³-hybridized carbons (Fsp3) is 0.167. The molecule has 1 aromatic carbocycles. The van der Waals surface area contributed by atoms with Crippen LogP contribution in [0.15, 0.2) is 30.3 Å². The van der Waals surface area contributed by atoms with Crippen LogP contribution in [0.3, 0.4) is 0 Å². The number of aromatic hydroxyl groups is 1. The van der Waals surface area contributed by atoms with Gasteiger partial charge in [-0.15, -0.1) is 11.3 Å². The maximum Gasteiger partial charge on any atom is 0.353 e. The van der Waals surface area contributed by atoms with E-state index in [9.17, 15) is 9.90 Å². The van der Waals surface area contributed by atoms with Gasteiger partial charge in [-0.05, 0) is 0 Å². The number of rotatable bonds is 2. The minimum Gasteiger partial charge on any atom is -0.492 e. The molecule has 90 valence electrons. The van der Waals surface area contributed by atoms with Gasteiger partial charge in [0.25, 0.3) is 0 Å². The molecule has 0 radical (unpaired) electrons. The van der Waals surface area contributed by atoms with Crippen LogP contribution in [0.1, 0.15) is 17.1 Å². The van der Waals surface area contributed by atoms with Crippen LogP contribution in [0.4, 0.5) is 0 Å². The number of methoxy groups -OCH3 is 1. The van der Waals surface area contributed by atoms with Gasteiger partial charge in [0, 0.05) is 5.56 Å². The Morgan fingerprint density at radius 1 is 1.35 bits per heavy atom. The number of thiazole rings is 1. The zero-order chi connectivity index (χ0) is 11.5. The van der Waals surface area contributed by atoms with Crippen LogP contribution in [-0.4, -0.2) is 23.2 Å². The first-order valence-corrected chi connectivity index (χ1v) is 5.37. The normalized spacial score (nSPS) is 9.47. The Bertz CT molecular complexity index is 508. The van der Waals surface area contributed by atoms with Crippen molar-refractivity contribution in [1.82, 2.24) is 4.98 Å². The van der Waals surface area contributed by atoms with Gasteiger partial charge in [0.1, 0.15) is 5.01 Å². The molecule has 0 spiro atoms. The summed E-state index contributed by atoms with van der Waals surface area (Å²) >= 11 is 1.11.